The van der Waals surface area contributed by atoms with E-state index in [1.165, 1.54) is 16.7 Å². The maximum Gasteiger partial charge on any atom is 0.177 e. The molecule has 0 atom stereocenters. The van der Waals surface area contributed by atoms with Gasteiger partial charge in [-0.3, -0.25) is 9.69 Å². The van der Waals surface area contributed by atoms with Crippen LogP contribution >= 0.6 is 0 Å². The highest BCUT2D eigenvalue weighted by atomic mass is 16.1. The number of Topliss-reactive ketones (excluding diaryl/α,β-unsaturated/α-hetero) is 1. The number of ketones is 1. The van der Waals surface area contributed by atoms with Crippen LogP contribution in [-0.4, -0.2) is 55.4 Å². The third kappa shape index (κ3) is 3.19. The first-order valence-corrected chi connectivity index (χ1v) is 7.84. The number of hydrogen-bond acceptors (Lipinski definition) is 3. The topological polar surface area (TPSA) is 23.6 Å². The van der Waals surface area contributed by atoms with Gasteiger partial charge in [0.15, 0.2) is 5.78 Å². The Kier molecular flexibility index (Phi) is 4.84. The first kappa shape index (κ1) is 16.2. The van der Waals surface area contributed by atoms with Crippen LogP contribution in [0.3, 0.4) is 0 Å². The van der Waals surface area contributed by atoms with Gasteiger partial charge in [0, 0.05) is 31.7 Å². The van der Waals surface area contributed by atoms with Gasteiger partial charge in [-0.25, -0.2) is 0 Å². The van der Waals surface area contributed by atoms with E-state index in [1.54, 1.807) is 0 Å². The standard InChI is InChI=1S/C18H28N2O/c1-12-13(2)15(4)18(16(5)14(12)3)17(21)11-20-9-7-19(6)8-10-20/h7-11H2,1-6H3. The Labute approximate surface area is 128 Å². The number of carbonyl (C=O) groups excluding carboxylic acids is 1. The number of likely N-dealkylation sites (N-methyl/N-ethyl adjacent to an activating group) is 1. The van der Waals surface area contributed by atoms with Crippen LogP contribution in [0.4, 0.5) is 0 Å². The summed E-state index contributed by atoms with van der Waals surface area (Å²) in [5.41, 5.74) is 7.12. The van der Waals surface area contributed by atoms with Crippen LogP contribution in [-0.2, 0) is 0 Å². The largest absolute Gasteiger partial charge is 0.304 e. The summed E-state index contributed by atoms with van der Waals surface area (Å²) in [6, 6.07) is 0. The van der Waals surface area contributed by atoms with E-state index in [4.69, 9.17) is 0 Å². The molecule has 0 radical (unpaired) electrons. The molecule has 0 saturated carbocycles. The molecule has 21 heavy (non-hydrogen) atoms. The second-order valence-electron chi connectivity index (χ2n) is 6.50. The van der Waals surface area contributed by atoms with Crippen LogP contribution in [0.1, 0.15) is 38.2 Å². The van der Waals surface area contributed by atoms with Crippen LogP contribution in [0.15, 0.2) is 0 Å². The highest BCUT2D eigenvalue weighted by Crippen LogP contribution is 2.26. The van der Waals surface area contributed by atoms with Gasteiger partial charge in [0.25, 0.3) is 0 Å². The van der Waals surface area contributed by atoms with Crippen LogP contribution in [0.2, 0.25) is 0 Å². The molecule has 2 rings (SSSR count). The van der Waals surface area contributed by atoms with Crippen molar-refractivity contribution < 1.29 is 4.79 Å². The second-order valence-corrected chi connectivity index (χ2v) is 6.50. The summed E-state index contributed by atoms with van der Waals surface area (Å²) >= 11 is 0. The van der Waals surface area contributed by atoms with Crippen molar-refractivity contribution in [2.45, 2.75) is 34.6 Å². The lowest BCUT2D eigenvalue weighted by Gasteiger charge is -2.32. The maximum absolute atomic E-state index is 12.8. The number of nitrogens with zero attached hydrogens (tertiary/aromatic N) is 2. The Morgan fingerprint density at radius 2 is 1.24 bits per heavy atom. The number of benzene rings is 1. The molecule has 1 fully saturated rings. The summed E-state index contributed by atoms with van der Waals surface area (Å²) in [5, 5.41) is 0. The van der Waals surface area contributed by atoms with E-state index in [0.29, 0.717) is 6.54 Å². The van der Waals surface area contributed by atoms with Gasteiger partial charge >= 0.3 is 0 Å². The molecule has 0 bridgehead atoms. The summed E-state index contributed by atoms with van der Waals surface area (Å²) < 4.78 is 0. The van der Waals surface area contributed by atoms with Gasteiger partial charge < -0.3 is 4.90 Å². The molecule has 116 valence electrons. The first-order chi connectivity index (χ1) is 9.82. The molecule has 1 aliphatic rings. The van der Waals surface area contributed by atoms with Crippen LogP contribution in [0, 0.1) is 34.6 Å². The molecule has 1 saturated heterocycles. The molecule has 1 aromatic carbocycles. The SMILES string of the molecule is Cc1c(C)c(C)c(C(=O)CN2CCN(C)CC2)c(C)c1C. The molecule has 0 N–H and O–H groups in total. The maximum atomic E-state index is 12.8. The summed E-state index contributed by atoms with van der Waals surface area (Å²) in [5.74, 6) is 0.278. The Hall–Kier alpha value is -1.19. The fourth-order valence-corrected chi connectivity index (χ4v) is 3.21. The number of piperazine rings is 1. The predicted octanol–water partition coefficient (Wildman–Crippen LogP) is 2.66. The minimum Gasteiger partial charge on any atom is -0.304 e. The molecule has 3 nitrogen and oxygen atoms in total. The van der Waals surface area contributed by atoms with E-state index in [0.717, 1.165) is 42.9 Å². The zero-order valence-corrected chi connectivity index (χ0v) is 14.3. The Morgan fingerprint density at radius 1 is 0.810 bits per heavy atom. The molecular formula is C18H28N2O. The van der Waals surface area contributed by atoms with Crippen molar-refractivity contribution in [2.24, 2.45) is 0 Å². The third-order valence-electron chi connectivity index (χ3n) is 5.24. The lowest BCUT2D eigenvalue weighted by molar-refractivity contribution is 0.0875. The van der Waals surface area contributed by atoms with Gasteiger partial charge in [0.2, 0.25) is 0 Å². The first-order valence-electron chi connectivity index (χ1n) is 7.84. The average molecular weight is 288 g/mol. The molecule has 0 spiro atoms. The number of carbonyl (C=O) groups is 1. The van der Waals surface area contributed by atoms with E-state index in [1.807, 2.05) is 0 Å². The van der Waals surface area contributed by atoms with Crippen molar-refractivity contribution in [3.8, 4) is 0 Å². The quantitative estimate of drug-likeness (QED) is 0.799. The molecule has 1 aromatic rings. The summed E-state index contributed by atoms with van der Waals surface area (Å²) in [4.78, 5) is 17.4. The Bertz CT molecular complexity index is 526. The van der Waals surface area contributed by atoms with Gasteiger partial charge in [0.05, 0.1) is 6.54 Å². The Balaban J connectivity index is 2.24. The summed E-state index contributed by atoms with van der Waals surface area (Å²) in [7, 11) is 2.14. The molecule has 0 aliphatic carbocycles. The van der Waals surface area contributed by atoms with E-state index >= 15 is 0 Å². The van der Waals surface area contributed by atoms with E-state index in [2.05, 4.69) is 51.5 Å². The van der Waals surface area contributed by atoms with Crippen LogP contribution in [0.25, 0.3) is 0 Å². The lowest BCUT2D eigenvalue weighted by atomic mass is 9.87. The van der Waals surface area contributed by atoms with E-state index < -0.39 is 0 Å². The lowest BCUT2D eigenvalue weighted by Crippen LogP contribution is -2.46. The highest BCUT2D eigenvalue weighted by molar-refractivity contribution is 6.01. The monoisotopic (exact) mass is 288 g/mol. The van der Waals surface area contributed by atoms with Crippen molar-refractivity contribution in [3.05, 3.63) is 33.4 Å². The highest BCUT2D eigenvalue weighted by Gasteiger charge is 2.22. The minimum atomic E-state index is 0.278. The van der Waals surface area contributed by atoms with Crippen LogP contribution in [0.5, 0.6) is 0 Å². The average Bonchev–Trinajstić information content (AvgIpc) is 2.46. The molecule has 0 aromatic heterocycles. The molecule has 1 aliphatic heterocycles. The molecule has 3 heteroatoms. The van der Waals surface area contributed by atoms with Crippen LogP contribution < -0.4 is 0 Å². The van der Waals surface area contributed by atoms with E-state index in [9.17, 15) is 4.79 Å². The minimum absolute atomic E-state index is 0.278. The van der Waals surface area contributed by atoms with Gasteiger partial charge in [-0.05, 0) is 69.5 Å². The van der Waals surface area contributed by atoms with Gasteiger partial charge in [-0.1, -0.05) is 0 Å². The van der Waals surface area contributed by atoms with Crippen molar-refractivity contribution in [3.63, 3.8) is 0 Å². The molecular weight excluding hydrogens is 260 g/mol. The molecule has 0 amide bonds. The fourth-order valence-electron chi connectivity index (χ4n) is 3.21. The van der Waals surface area contributed by atoms with Crippen molar-refractivity contribution in [1.29, 1.82) is 0 Å². The second kappa shape index (κ2) is 6.29. The van der Waals surface area contributed by atoms with Crippen molar-refractivity contribution >= 4 is 5.78 Å². The normalized spacial score (nSPS) is 17.2. The number of hydrogen-bond donors (Lipinski definition) is 0. The smallest absolute Gasteiger partial charge is 0.177 e. The number of rotatable bonds is 3. The predicted molar refractivity (Wildman–Crippen MR) is 88.4 cm³/mol. The summed E-state index contributed by atoms with van der Waals surface area (Å²) in [6.45, 7) is 15.2. The zero-order chi connectivity index (χ0) is 15.7. The fraction of sp³-hybridized carbons (Fsp3) is 0.611. The zero-order valence-electron chi connectivity index (χ0n) is 14.3. The van der Waals surface area contributed by atoms with Crippen molar-refractivity contribution in [1.82, 2.24) is 9.80 Å². The molecule has 1 heterocycles. The van der Waals surface area contributed by atoms with Gasteiger partial charge in [-0.15, -0.1) is 0 Å². The molecule has 0 unspecified atom stereocenters. The van der Waals surface area contributed by atoms with E-state index in [-0.39, 0.29) is 5.78 Å². The van der Waals surface area contributed by atoms with Crippen molar-refractivity contribution in [2.75, 3.05) is 39.8 Å². The van der Waals surface area contributed by atoms with Gasteiger partial charge in [0.1, 0.15) is 0 Å². The summed E-state index contributed by atoms with van der Waals surface area (Å²) in [6.07, 6.45) is 0. The van der Waals surface area contributed by atoms with Gasteiger partial charge in [-0.2, -0.15) is 0 Å². The Morgan fingerprint density at radius 3 is 1.71 bits per heavy atom. The third-order valence-corrected chi connectivity index (χ3v) is 5.24.